The quantitative estimate of drug-likeness (QED) is 0.175. The van der Waals surface area contributed by atoms with E-state index in [4.69, 9.17) is 10.8 Å². The van der Waals surface area contributed by atoms with E-state index in [1.807, 2.05) is 0 Å². The fraction of sp³-hybridized carbons (Fsp3) is 0.647. The molecule has 0 saturated heterocycles. The van der Waals surface area contributed by atoms with Gasteiger partial charge in [0.1, 0.15) is 24.2 Å². The maximum absolute atomic E-state index is 12.1. The third-order valence-corrected chi connectivity index (χ3v) is 3.84. The van der Waals surface area contributed by atoms with E-state index in [9.17, 15) is 28.8 Å². The number of nitrogens with two attached hydrogens (primary N) is 1. The lowest BCUT2D eigenvalue weighted by Crippen LogP contribution is -2.56. The predicted octanol–water partition coefficient (Wildman–Crippen LogP) is -3.45. The van der Waals surface area contributed by atoms with Crippen molar-refractivity contribution in [1.82, 2.24) is 26.6 Å². The Labute approximate surface area is 173 Å². The Kier molecular flexibility index (Phi) is 11.0. The molecule has 0 aromatic rings. The molecular formula is C17H30N6O7. The Hall–Kier alpha value is -3.22. The van der Waals surface area contributed by atoms with Crippen LogP contribution in [0.3, 0.4) is 0 Å². The zero-order valence-electron chi connectivity index (χ0n) is 17.6. The third kappa shape index (κ3) is 9.82. The maximum atomic E-state index is 12.1. The molecular weight excluding hydrogens is 400 g/mol. The zero-order chi connectivity index (χ0) is 23.6. The molecule has 0 bridgehead atoms. The lowest BCUT2D eigenvalue weighted by molar-refractivity contribution is -0.141. The molecule has 0 aliphatic rings. The highest BCUT2D eigenvalue weighted by Gasteiger charge is 2.25. The van der Waals surface area contributed by atoms with E-state index in [0.717, 1.165) is 0 Å². The van der Waals surface area contributed by atoms with Crippen molar-refractivity contribution in [2.45, 2.75) is 64.8 Å². The number of carboxylic acid groups (broad SMARTS) is 1. The van der Waals surface area contributed by atoms with Gasteiger partial charge in [0.15, 0.2) is 0 Å². The summed E-state index contributed by atoms with van der Waals surface area (Å²) < 4.78 is 0. The fourth-order valence-electron chi connectivity index (χ4n) is 1.89. The van der Waals surface area contributed by atoms with E-state index in [0.29, 0.717) is 0 Å². The van der Waals surface area contributed by atoms with Crippen molar-refractivity contribution in [3.8, 4) is 0 Å². The second-order valence-electron chi connectivity index (χ2n) is 6.82. The van der Waals surface area contributed by atoms with Gasteiger partial charge in [-0.05, 0) is 34.6 Å². The summed E-state index contributed by atoms with van der Waals surface area (Å²) in [5.41, 5.74) is 5.35. The number of carbonyl (C=O) groups is 6. The lowest BCUT2D eigenvalue weighted by Gasteiger charge is -2.21. The smallest absolute Gasteiger partial charge is 0.325 e. The SMILES string of the molecule is C[C@H](N)C(=O)NCC(=O)N[C@@H](C)C(=O)N[C@@H](C)C(=O)N[C@@H](C)C(=O)N[C@@H](C)C(=O)O. The number of carbonyl (C=O) groups excluding carboxylic acids is 5. The summed E-state index contributed by atoms with van der Waals surface area (Å²) in [7, 11) is 0. The van der Waals surface area contributed by atoms with Crippen molar-refractivity contribution in [2.75, 3.05) is 6.54 Å². The standard InChI is InChI=1S/C17H30N6O7/c1-7(18)13(25)19-6-12(24)20-8(2)14(26)21-9(3)15(27)22-10(4)16(28)23-11(5)17(29)30/h7-11H,6,18H2,1-5H3,(H,19,25)(H,20,24)(H,21,26)(H,22,27)(H,23,28)(H,29,30)/t7-,8-,9-,10-,11-/m0/s1. The number of carboxylic acids is 1. The molecule has 0 fully saturated rings. The molecule has 0 aromatic carbocycles. The highest BCUT2D eigenvalue weighted by Crippen LogP contribution is 1.92. The summed E-state index contributed by atoms with van der Waals surface area (Å²) in [4.78, 5) is 69.9. The van der Waals surface area contributed by atoms with Gasteiger partial charge in [-0.1, -0.05) is 0 Å². The van der Waals surface area contributed by atoms with Crippen LogP contribution < -0.4 is 32.3 Å². The van der Waals surface area contributed by atoms with Crippen molar-refractivity contribution in [1.29, 1.82) is 0 Å². The van der Waals surface area contributed by atoms with Crippen molar-refractivity contribution < 1.29 is 33.9 Å². The van der Waals surface area contributed by atoms with Gasteiger partial charge in [0, 0.05) is 0 Å². The first kappa shape index (κ1) is 26.8. The summed E-state index contributed by atoms with van der Waals surface area (Å²) in [5.74, 6) is -4.43. The average Bonchev–Trinajstić information content (AvgIpc) is 2.65. The number of nitrogens with one attached hydrogen (secondary N) is 5. The van der Waals surface area contributed by atoms with Crippen LogP contribution >= 0.6 is 0 Å². The molecule has 13 nitrogen and oxygen atoms in total. The predicted molar refractivity (Wildman–Crippen MR) is 105 cm³/mol. The van der Waals surface area contributed by atoms with Crippen molar-refractivity contribution in [3.05, 3.63) is 0 Å². The second-order valence-corrected chi connectivity index (χ2v) is 6.82. The number of aliphatic carboxylic acids is 1. The van der Waals surface area contributed by atoms with Gasteiger partial charge in [-0.3, -0.25) is 28.8 Å². The van der Waals surface area contributed by atoms with E-state index in [-0.39, 0.29) is 6.54 Å². The molecule has 5 atom stereocenters. The number of hydrogen-bond donors (Lipinski definition) is 7. The molecule has 13 heteroatoms. The molecule has 0 aliphatic heterocycles. The summed E-state index contributed by atoms with van der Waals surface area (Å²) in [6.45, 7) is 6.47. The molecule has 0 unspecified atom stereocenters. The first-order chi connectivity index (χ1) is 13.8. The van der Waals surface area contributed by atoms with Gasteiger partial charge in [-0.2, -0.15) is 0 Å². The molecule has 170 valence electrons. The highest BCUT2D eigenvalue weighted by atomic mass is 16.4. The van der Waals surface area contributed by atoms with E-state index in [1.54, 1.807) is 0 Å². The van der Waals surface area contributed by atoms with Gasteiger partial charge in [0.25, 0.3) is 0 Å². The number of amides is 5. The summed E-state index contributed by atoms with van der Waals surface area (Å²) in [6, 6.07) is -4.99. The van der Waals surface area contributed by atoms with Crippen LogP contribution in [-0.2, 0) is 28.8 Å². The second kappa shape index (κ2) is 12.4. The van der Waals surface area contributed by atoms with Crippen LogP contribution in [-0.4, -0.2) is 77.4 Å². The molecule has 0 heterocycles. The first-order valence-corrected chi connectivity index (χ1v) is 9.22. The topological polar surface area (TPSA) is 209 Å². The van der Waals surface area contributed by atoms with Gasteiger partial charge in [-0.25, -0.2) is 0 Å². The molecule has 8 N–H and O–H groups in total. The Morgan fingerprint density at radius 3 is 1.40 bits per heavy atom. The lowest BCUT2D eigenvalue weighted by atomic mass is 10.2. The van der Waals surface area contributed by atoms with Gasteiger partial charge < -0.3 is 37.4 Å². The highest BCUT2D eigenvalue weighted by molar-refractivity contribution is 5.95. The van der Waals surface area contributed by atoms with Gasteiger partial charge >= 0.3 is 5.97 Å². The molecule has 5 amide bonds. The first-order valence-electron chi connectivity index (χ1n) is 9.22. The minimum absolute atomic E-state index is 0.366. The third-order valence-electron chi connectivity index (χ3n) is 3.84. The minimum atomic E-state index is -1.23. The van der Waals surface area contributed by atoms with Crippen molar-refractivity contribution in [2.24, 2.45) is 5.73 Å². The van der Waals surface area contributed by atoms with E-state index >= 15 is 0 Å². The van der Waals surface area contributed by atoms with Crippen LogP contribution in [0.1, 0.15) is 34.6 Å². The Bertz CT molecular complexity index is 682. The Morgan fingerprint density at radius 1 is 0.667 bits per heavy atom. The largest absolute Gasteiger partial charge is 0.480 e. The van der Waals surface area contributed by atoms with Crippen molar-refractivity contribution in [3.63, 3.8) is 0 Å². The molecule has 0 rings (SSSR count). The van der Waals surface area contributed by atoms with Crippen LogP contribution in [0.5, 0.6) is 0 Å². The van der Waals surface area contributed by atoms with E-state index < -0.39 is 65.7 Å². The molecule has 0 radical (unpaired) electrons. The normalized spacial score (nSPS) is 15.4. The van der Waals surface area contributed by atoms with Crippen LogP contribution in [0.4, 0.5) is 0 Å². The molecule has 0 aromatic heterocycles. The van der Waals surface area contributed by atoms with Gasteiger partial charge in [-0.15, -0.1) is 0 Å². The molecule has 0 saturated carbocycles. The van der Waals surface area contributed by atoms with E-state index in [1.165, 1.54) is 34.6 Å². The van der Waals surface area contributed by atoms with Crippen LogP contribution in [0.15, 0.2) is 0 Å². The summed E-state index contributed by atoms with van der Waals surface area (Å²) in [6.07, 6.45) is 0. The molecule has 30 heavy (non-hydrogen) atoms. The maximum Gasteiger partial charge on any atom is 0.325 e. The van der Waals surface area contributed by atoms with Gasteiger partial charge in [0.2, 0.25) is 29.5 Å². The Morgan fingerprint density at radius 2 is 1.03 bits per heavy atom. The van der Waals surface area contributed by atoms with Crippen LogP contribution in [0.2, 0.25) is 0 Å². The summed E-state index contributed by atoms with van der Waals surface area (Å²) in [5, 5.41) is 20.3. The molecule has 0 spiro atoms. The number of rotatable bonds is 11. The van der Waals surface area contributed by atoms with Crippen LogP contribution in [0, 0.1) is 0 Å². The fourth-order valence-corrected chi connectivity index (χ4v) is 1.89. The minimum Gasteiger partial charge on any atom is -0.480 e. The van der Waals surface area contributed by atoms with E-state index in [2.05, 4.69) is 26.6 Å². The summed E-state index contributed by atoms with van der Waals surface area (Å²) >= 11 is 0. The zero-order valence-corrected chi connectivity index (χ0v) is 17.6. The molecule has 0 aliphatic carbocycles. The number of hydrogen-bond acceptors (Lipinski definition) is 7. The van der Waals surface area contributed by atoms with Crippen LogP contribution in [0.25, 0.3) is 0 Å². The van der Waals surface area contributed by atoms with Crippen molar-refractivity contribution >= 4 is 35.5 Å². The monoisotopic (exact) mass is 430 g/mol. The average molecular weight is 430 g/mol. The van der Waals surface area contributed by atoms with Gasteiger partial charge in [0.05, 0.1) is 12.6 Å². The Balaban J connectivity index is 4.50.